The van der Waals surface area contributed by atoms with E-state index in [1.165, 1.54) is 0 Å². The zero-order valence-electron chi connectivity index (χ0n) is 8.49. The van der Waals surface area contributed by atoms with E-state index in [0.717, 1.165) is 5.56 Å². The van der Waals surface area contributed by atoms with Gasteiger partial charge in [0, 0.05) is 12.1 Å². The number of phenols is 1. The van der Waals surface area contributed by atoms with Gasteiger partial charge in [0.25, 0.3) is 0 Å². The Morgan fingerprint density at radius 1 is 1.60 bits per heavy atom. The lowest BCUT2D eigenvalue weighted by Crippen LogP contribution is -2.24. The molecule has 0 aromatic heterocycles. The second kappa shape index (κ2) is 5.33. The van der Waals surface area contributed by atoms with Crippen LogP contribution in [0.15, 0.2) is 18.2 Å². The largest absolute Gasteiger partial charge is 0.508 e. The minimum absolute atomic E-state index is 0.188. The zero-order chi connectivity index (χ0) is 11.3. The summed E-state index contributed by atoms with van der Waals surface area (Å²) in [7, 11) is 0. The molecule has 1 aromatic carbocycles. The van der Waals surface area contributed by atoms with Crippen LogP contribution in [0, 0.1) is 6.92 Å². The monoisotopic (exact) mass is 210 g/mol. The molecule has 0 atom stereocenters. The predicted molar refractivity (Wildman–Crippen MR) is 54.8 cm³/mol. The highest BCUT2D eigenvalue weighted by atomic mass is 16.6. The molecule has 0 saturated carbocycles. The van der Waals surface area contributed by atoms with E-state index in [2.05, 4.69) is 5.48 Å². The maximum absolute atomic E-state index is 10.3. The van der Waals surface area contributed by atoms with E-state index in [1.54, 1.807) is 6.07 Å². The van der Waals surface area contributed by atoms with Gasteiger partial charge in [0.05, 0.1) is 0 Å². The Morgan fingerprint density at radius 3 is 3.00 bits per heavy atom. The topological polar surface area (TPSA) is 84.6 Å². The number of carbonyl (C=O) groups excluding carboxylic acids is 1. The number of aryl methyl sites for hydroxylation is 1. The average molecular weight is 210 g/mol. The van der Waals surface area contributed by atoms with Crippen LogP contribution in [0.5, 0.6) is 5.75 Å². The van der Waals surface area contributed by atoms with Crippen LogP contribution >= 0.6 is 0 Å². The number of nitrogens with two attached hydrogens (primary N) is 1. The molecule has 0 aliphatic rings. The van der Waals surface area contributed by atoms with Crippen LogP contribution < -0.4 is 11.2 Å². The van der Waals surface area contributed by atoms with Crippen molar-refractivity contribution in [3.05, 3.63) is 29.3 Å². The molecule has 0 aliphatic heterocycles. The summed E-state index contributed by atoms with van der Waals surface area (Å²) in [5.74, 6) is -0.355. The maximum Gasteiger partial charge on any atom is 0.245 e. The highest BCUT2D eigenvalue weighted by molar-refractivity contribution is 5.74. The van der Waals surface area contributed by atoms with E-state index >= 15 is 0 Å². The molecule has 5 heteroatoms. The van der Waals surface area contributed by atoms with Gasteiger partial charge in [-0.1, -0.05) is 17.7 Å². The van der Waals surface area contributed by atoms with Crippen LogP contribution in [0.1, 0.15) is 11.1 Å². The lowest BCUT2D eigenvalue weighted by molar-refractivity contribution is -0.125. The Kier molecular flexibility index (Phi) is 4.08. The van der Waals surface area contributed by atoms with Crippen molar-refractivity contribution in [2.75, 3.05) is 6.61 Å². The number of benzene rings is 1. The first-order valence-electron chi connectivity index (χ1n) is 4.51. The van der Waals surface area contributed by atoms with Gasteiger partial charge >= 0.3 is 0 Å². The normalized spacial score (nSPS) is 10.2. The van der Waals surface area contributed by atoms with Crippen molar-refractivity contribution in [3.63, 3.8) is 0 Å². The summed E-state index contributed by atoms with van der Waals surface area (Å²) in [5.41, 5.74) is 9.16. The van der Waals surface area contributed by atoms with Gasteiger partial charge < -0.3 is 10.8 Å². The third kappa shape index (κ3) is 3.97. The Bertz CT molecular complexity index is 353. The quantitative estimate of drug-likeness (QED) is 0.479. The summed E-state index contributed by atoms with van der Waals surface area (Å²) >= 11 is 0. The molecule has 4 N–H and O–H groups in total. The van der Waals surface area contributed by atoms with Gasteiger partial charge in [-0.15, -0.1) is 0 Å². The molecule has 0 saturated heterocycles. The lowest BCUT2D eigenvalue weighted by atomic mass is 10.1. The van der Waals surface area contributed by atoms with Crippen LogP contribution in [0.2, 0.25) is 0 Å². The van der Waals surface area contributed by atoms with Crippen LogP contribution in [0.3, 0.4) is 0 Å². The smallest absolute Gasteiger partial charge is 0.245 e. The first-order chi connectivity index (χ1) is 7.09. The molecule has 0 heterocycles. The van der Waals surface area contributed by atoms with Crippen LogP contribution in [0.25, 0.3) is 0 Å². The fourth-order valence-corrected chi connectivity index (χ4v) is 1.11. The molecule has 15 heavy (non-hydrogen) atoms. The fraction of sp³-hybridized carbons (Fsp3) is 0.300. The fourth-order valence-electron chi connectivity index (χ4n) is 1.11. The van der Waals surface area contributed by atoms with Gasteiger partial charge in [-0.25, -0.2) is 0 Å². The molecule has 5 nitrogen and oxygen atoms in total. The van der Waals surface area contributed by atoms with Crippen LogP contribution in [-0.4, -0.2) is 17.6 Å². The first kappa shape index (κ1) is 11.5. The van der Waals surface area contributed by atoms with E-state index in [4.69, 9.17) is 10.6 Å². The number of aromatic hydroxyl groups is 1. The number of amides is 1. The number of carbonyl (C=O) groups is 1. The molecule has 0 unspecified atom stereocenters. The third-order valence-electron chi connectivity index (χ3n) is 1.81. The first-order valence-corrected chi connectivity index (χ1v) is 4.51. The standard InChI is InChI=1S/C10H14N2O3/c1-7-2-3-9(13)8(4-7)5-12-15-6-10(11)14/h2-4,12-13H,5-6H2,1H3,(H2,11,14). The van der Waals surface area contributed by atoms with Crippen molar-refractivity contribution in [2.45, 2.75) is 13.5 Å². The number of rotatable bonds is 5. The number of phenolic OH excluding ortho intramolecular Hbond substituents is 1. The van der Waals surface area contributed by atoms with Crippen molar-refractivity contribution < 1.29 is 14.7 Å². The van der Waals surface area contributed by atoms with E-state index in [0.29, 0.717) is 12.1 Å². The van der Waals surface area contributed by atoms with Crippen LogP contribution in [-0.2, 0) is 16.2 Å². The Labute approximate surface area is 87.8 Å². The Hall–Kier alpha value is -1.59. The van der Waals surface area contributed by atoms with Crippen molar-refractivity contribution in [2.24, 2.45) is 5.73 Å². The highest BCUT2D eigenvalue weighted by Gasteiger charge is 2.01. The molecule has 1 aromatic rings. The maximum atomic E-state index is 10.3. The van der Waals surface area contributed by atoms with Crippen molar-refractivity contribution in [3.8, 4) is 5.75 Å². The van der Waals surface area contributed by atoms with Gasteiger partial charge in [0.2, 0.25) is 5.91 Å². The summed E-state index contributed by atoms with van der Waals surface area (Å²) in [6, 6.07) is 5.25. The number of hydroxylamine groups is 1. The molecular weight excluding hydrogens is 196 g/mol. The molecule has 0 radical (unpaired) electrons. The van der Waals surface area contributed by atoms with Crippen molar-refractivity contribution in [1.29, 1.82) is 0 Å². The zero-order valence-corrected chi connectivity index (χ0v) is 8.49. The third-order valence-corrected chi connectivity index (χ3v) is 1.81. The minimum Gasteiger partial charge on any atom is -0.508 e. The van der Waals surface area contributed by atoms with E-state index in [1.807, 2.05) is 19.1 Å². The Morgan fingerprint density at radius 2 is 2.33 bits per heavy atom. The molecule has 1 rings (SSSR count). The van der Waals surface area contributed by atoms with Gasteiger partial charge in [-0.2, -0.15) is 5.48 Å². The molecule has 82 valence electrons. The number of primary amides is 1. The number of hydrogen-bond donors (Lipinski definition) is 3. The second-order valence-corrected chi connectivity index (χ2v) is 3.21. The number of hydrogen-bond acceptors (Lipinski definition) is 4. The van der Waals surface area contributed by atoms with Gasteiger partial charge in [-0.05, 0) is 13.0 Å². The van der Waals surface area contributed by atoms with E-state index in [9.17, 15) is 9.90 Å². The molecule has 0 spiro atoms. The number of nitrogens with one attached hydrogen (secondary N) is 1. The van der Waals surface area contributed by atoms with Crippen molar-refractivity contribution in [1.82, 2.24) is 5.48 Å². The average Bonchev–Trinajstić information content (AvgIpc) is 2.17. The van der Waals surface area contributed by atoms with E-state index in [-0.39, 0.29) is 12.4 Å². The summed E-state index contributed by atoms with van der Waals surface area (Å²) in [6.07, 6.45) is 0. The summed E-state index contributed by atoms with van der Waals surface area (Å²) in [5, 5.41) is 9.46. The summed E-state index contributed by atoms with van der Waals surface area (Å²) in [6.45, 7) is 2.06. The van der Waals surface area contributed by atoms with Gasteiger partial charge in [-0.3, -0.25) is 9.63 Å². The molecule has 1 amide bonds. The molecule has 0 fully saturated rings. The van der Waals surface area contributed by atoms with Gasteiger partial charge in [0.15, 0.2) is 0 Å². The Balaban J connectivity index is 2.43. The van der Waals surface area contributed by atoms with Crippen molar-refractivity contribution >= 4 is 5.91 Å². The SMILES string of the molecule is Cc1ccc(O)c(CNOCC(N)=O)c1. The van der Waals surface area contributed by atoms with Crippen LogP contribution in [0.4, 0.5) is 0 Å². The summed E-state index contributed by atoms with van der Waals surface area (Å²) < 4.78 is 0. The second-order valence-electron chi connectivity index (χ2n) is 3.21. The molecule has 0 bridgehead atoms. The molecule has 0 aliphatic carbocycles. The molecular formula is C10H14N2O3. The highest BCUT2D eigenvalue weighted by Crippen LogP contribution is 2.17. The predicted octanol–water partition coefficient (Wildman–Crippen LogP) is 0.207. The lowest BCUT2D eigenvalue weighted by Gasteiger charge is -2.07. The summed E-state index contributed by atoms with van der Waals surface area (Å²) in [4.78, 5) is 15.1. The van der Waals surface area contributed by atoms with Gasteiger partial charge in [0.1, 0.15) is 12.4 Å². The van der Waals surface area contributed by atoms with E-state index < -0.39 is 5.91 Å². The minimum atomic E-state index is -0.545.